The third kappa shape index (κ3) is 1.05. The number of hydrogen-bond donors (Lipinski definition) is 1. The van der Waals surface area contributed by atoms with E-state index < -0.39 is 0 Å². The van der Waals surface area contributed by atoms with Crippen molar-refractivity contribution in [2.45, 2.75) is 6.42 Å². The van der Waals surface area contributed by atoms with Crippen LogP contribution >= 0.6 is 0 Å². The molecule has 1 saturated heterocycles. The van der Waals surface area contributed by atoms with Gasteiger partial charge in [-0.15, -0.1) is 0 Å². The molecule has 3 heteroatoms. The molecule has 1 radical (unpaired) electrons. The van der Waals surface area contributed by atoms with E-state index in [9.17, 15) is 9.59 Å². The van der Waals surface area contributed by atoms with Crippen molar-refractivity contribution < 1.29 is 9.59 Å². The fraction of sp³-hybridized carbons (Fsp3) is 0.400. The standard InChI is InChI=1S/C5H6NO2/c7-4-1-2-6-5(8)3-4/h3H,1-2H2,(H,6,8). The van der Waals surface area contributed by atoms with Crippen LogP contribution in [0.4, 0.5) is 0 Å². The molecule has 0 aliphatic carbocycles. The van der Waals surface area contributed by atoms with Crippen LogP contribution < -0.4 is 5.32 Å². The van der Waals surface area contributed by atoms with E-state index in [-0.39, 0.29) is 11.7 Å². The lowest BCUT2D eigenvalue weighted by Crippen LogP contribution is -2.34. The van der Waals surface area contributed by atoms with Crippen molar-refractivity contribution in [3.63, 3.8) is 0 Å². The van der Waals surface area contributed by atoms with Crippen molar-refractivity contribution in [1.82, 2.24) is 5.32 Å². The second-order valence-electron chi connectivity index (χ2n) is 1.65. The third-order valence-electron chi connectivity index (χ3n) is 0.963. The Morgan fingerprint density at radius 2 is 2.25 bits per heavy atom. The average Bonchev–Trinajstić information content (AvgIpc) is 1.64. The summed E-state index contributed by atoms with van der Waals surface area (Å²) in [6.45, 7) is 0.494. The van der Waals surface area contributed by atoms with Gasteiger partial charge in [-0.1, -0.05) is 0 Å². The Bertz CT molecular complexity index is 116. The van der Waals surface area contributed by atoms with Gasteiger partial charge in [-0.25, -0.2) is 0 Å². The van der Waals surface area contributed by atoms with Gasteiger partial charge < -0.3 is 5.32 Å². The largest absolute Gasteiger partial charge is 0.355 e. The Kier molecular flexibility index (Phi) is 1.28. The molecule has 8 heavy (non-hydrogen) atoms. The average molecular weight is 112 g/mol. The minimum Gasteiger partial charge on any atom is -0.355 e. The van der Waals surface area contributed by atoms with Crippen molar-refractivity contribution in [3.8, 4) is 0 Å². The number of piperidine rings is 1. The van der Waals surface area contributed by atoms with Crippen molar-refractivity contribution in [3.05, 3.63) is 6.42 Å². The molecule has 0 spiro atoms. The van der Waals surface area contributed by atoms with Crippen LogP contribution in [0.1, 0.15) is 6.42 Å². The van der Waals surface area contributed by atoms with Crippen LogP contribution in [0.25, 0.3) is 0 Å². The predicted octanol–water partition coefficient (Wildman–Crippen LogP) is -0.720. The van der Waals surface area contributed by atoms with Gasteiger partial charge >= 0.3 is 0 Å². The molecule has 0 aromatic carbocycles. The molecule has 1 fully saturated rings. The van der Waals surface area contributed by atoms with E-state index in [1.807, 2.05) is 0 Å². The monoisotopic (exact) mass is 112 g/mol. The Morgan fingerprint density at radius 1 is 1.50 bits per heavy atom. The zero-order valence-corrected chi connectivity index (χ0v) is 4.31. The highest BCUT2D eigenvalue weighted by Gasteiger charge is 2.14. The summed E-state index contributed by atoms with van der Waals surface area (Å²) >= 11 is 0. The minimum absolute atomic E-state index is 0.0752. The van der Waals surface area contributed by atoms with E-state index >= 15 is 0 Å². The number of carbonyl (C=O) groups excluding carboxylic acids is 2. The number of carbonyl (C=O) groups is 2. The van der Waals surface area contributed by atoms with Gasteiger partial charge in [0, 0.05) is 13.0 Å². The zero-order valence-electron chi connectivity index (χ0n) is 4.31. The molecule has 0 unspecified atom stereocenters. The maximum atomic E-state index is 10.4. The number of nitrogens with one attached hydrogen (secondary N) is 1. The number of Topliss-reactive ketones (excluding diaryl/α,β-unsaturated/α-hetero) is 1. The maximum Gasteiger partial charge on any atom is 0.231 e. The van der Waals surface area contributed by atoms with E-state index in [1.54, 1.807) is 0 Å². The summed E-state index contributed by atoms with van der Waals surface area (Å²) < 4.78 is 0. The van der Waals surface area contributed by atoms with Crippen LogP contribution in [-0.2, 0) is 9.59 Å². The molecule has 1 aliphatic heterocycles. The van der Waals surface area contributed by atoms with Crippen LogP contribution in [0.5, 0.6) is 0 Å². The highest BCUT2D eigenvalue weighted by molar-refractivity contribution is 6.11. The molecule has 1 heterocycles. The van der Waals surface area contributed by atoms with Crippen LogP contribution in [0, 0.1) is 6.42 Å². The van der Waals surface area contributed by atoms with E-state index in [0.29, 0.717) is 13.0 Å². The molecule has 1 amide bonds. The van der Waals surface area contributed by atoms with Crippen molar-refractivity contribution >= 4 is 11.7 Å². The molecule has 43 valence electrons. The van der Waals surface area contributed by atoms with Gasteiger partial charge in [-0.2, -0.15) is 0 Å². The first-order valence-electron chi connectivity index (χ1n) is 2.44. The summed E-state index contributed by atoms with van der Waals surface area (Å²) in [5.41, 5.74) is 0. The first-order chi connectivity index (χ1) is 3.79. The molecular formula is C5H6NO2. The fourth-order valence-corrected chi connectivity index (χ4v) is 0.578. The van der Waals surface area contributed by atoms with Gasteiger partial charge in [0.2, 0.25) is 5.91 Å². The van der Waals surface area contributed by atoms with Crippen molar-refractivity contribution in [1.29, 1.82) is 0 Å². The molecule has 0 aromatic heterocycles. The summed E-state index contributed by atoms with van der Waals surface area (Å²) in [5.74, 6) is -0.338. The quantitative estimate of drug-likeness (QED) is 0.449. The number of ketones is 1. The lowest BCUT2D eigenvalue weighted by molar-refractivity contribution is -0.125. The number of amides is 1. The highest BCUT2D eigenvalue weighted by Crippen LogP contribution is 1.92. The SMILES string of the molecule is O=C1[CH]C(=O)NCC1. The zero-order chi connectivity index (χ0) is 5.98. The minimum atomic E-state index is -0.263. The van der Waals surface area contributed by atoms with Gasteiger partial charge in [0.15, 0.2) is 0 Å². The van der Waals surface area contributed by atoms with Crippen LogP contribution in [-0.4, -0.2) is 18.2 Å². The van der Waals surface area contributed by atoms with Gasteiger partial charge in [-0.05, 0) is 0 Å². The van der Waals surface area contributed by atoms with Crippen molar-refractivity contribution in [2.24, 2.45) is 0 Å². The molecule has 0 atom stereocenters. The van der Waals surface area contributed by atoms with Gasteiger partial charge in [-0.3, -0.25) is 9.59 Å². The lowest BCUT2D eigenvalue weighted by atomic mass is 10.1. The summed E-state index contributed by atoms with van der Waals surface area (Å²) in [6, 6.07) is 0. The number of rotatable bonds is 0. The molecule has 1 aliphatic rings. The molecule has 1 N–H and O–H groups in total. The number of hydrogen-bond acceptors (Lipinski definition) is 2. The molecule has 0 aromatic rings. The maximum absolute atomic E-state index is 10.4. The van der Waals surface area contributed by atoms with Crippen LogP contribution in [0.2, 0.25) is 0 Å². The smallest absolute Gasteiger partial charge is 0.231 e. The lowest BCUT2D eigenvalue weighted by Gasteiger charge is -2.07. The fourth-order valence-electron chi connectivity index (χ4n) is 0.578. The van der Waals surface area contributed by atoms with Crippen molar-refractivity contribution in [2.75, 3.05) is 6.54 Å². The van der Waals surface area contributed by atoms with Crippen LogP contribution in [0.15, 0.2) is 0 Å². The molecular weight excluding hydrogens is 106 g/mol. The Hall–Kier alpha value is -0.860. The Morgan fingerprint density at radius 3 is 2.62 bits per heavy atom. The van der Waals surface area contributed by atoms with Gasteiger partial charge in [0.1, 0.15) is 12.2 Å². The molecule has 1 rings (SSSR count). The second kappa shape index (κ2) is 1.94. The normalized spacial score (nSPS) is 20.5. The van der Waals surface area contributed by atoms with Gasteiger partial charge in [0.05, 0.1) is 0 Å². The van der Waals surface area contributed by atoms with E-state index in [1.165, 1.54) is 0 Å². The highest BCUT2D eigenvalue weighted by atomic mass is 16.2. The second-order valence-corrected chi connectivity index (χ2v) is 1.65. The Balaban J connectivity index is 2.45. The summed E-state index contributed by atoms with van der Waals surface area (Å²) in [5, 5.41) is 2.50. The molecule has 0 bridgehead atoms. The summed E-state index contributed by atoms with van der Waals surface area (Å²) in [7, 11) is 0. The Labute approximate surface area is 47.1 Å². The van der Waals surface area contributed by atoms with E-state index in [2.05, 4.69) is 5.32 Å². The topological polar surface area (TPSA) is 46.2 Å². The van der Waals surface area contributed by atoms with E-state index in [4.69, 9.17) is 0 Å². The molecule has 3 nitrogen and oxygen atoms in total. The van der Waals surface area contributed by atoms with E-state index in [0.717, 1.165) is 6.42 Å². The first kappa shape index (κ1) is 5.28. The third-order valence-corrected chi connectivity index (χ3v) is 0.963. The molecule has 0 saturated carbocycles. The van der Waals surface area contributed by atoms with Gasteiger partial charge in [0.25, 0.3) is 0 Å². The summed E-state index contributed by atoms with van der Waals surface area (Å²) in [6.07, 6.45) is 1.54. The first-order valence-corrected chi connectivity index (χ1v) is 2.44. The predicted molar refractivity (Wildman–Crippen MR) is 26.9 cm³/mol. The summed E-state index contributed by atoms with van der Waals surface area (Å²) in [4.78, 5) is 20.6. The van der Waals surface area contributed by atoms with Crippen LogP contribution in [0.3, 0.4) is 0 Å².